The second-order valence-electron chi connectivity index (χ2n) is 5.29. The standard InChI is InChI=1S/C15H18FNO3/c1-10-3-2-8-17(13(10)9-14(18)19)15(20)11-4-6-12(16)7-5-11/h4-7,10,13H,2-3,8-9H2,1H3,(H,18,19). The summed E-state index contributed by atoms with van der Waals surface area (Å²) in [7, 11) is 0. The zero-order valence-corrected chi connectivity index (χ0v) is 11.4. The minimum atomic E-state index is -0.902. The number of benzene rings is 1. The number of carbonyl (C=O) groups excluding carboxylic acids is 1. The molecule has 2 unspecified atom stereocenters. The molecule has 1 amide bonds. The third-order valence-corrected chi connectivity index (χ3v) is 3.85. The van der Waals surface area contributed by atoms with Gasteiger partial charge in [-0.2, -0.15) is 0 Å². The van der Waals surface area contributed by atoms with Crippen LogP contribution >= 0.6 is 0 Å². The monoisotopic (exact) mass is 279 g/mol. The first kappa shape index (κ1) is 14.5. The topological polar surface area (TPSA) is 57.6 Å². The molecule has 4 nitrogen and oxygen atoms in total. The van der Waals surface area contributed by atoms with Crippen LogP contribution in [0.1, 0.15) is 36.5 Å². The van der Waals surface area contributed by atoms with E-state index in [2.05, 4.69) is 0 Å². The molecule has 1 saturated heterocycles. The van der Waals surface area contributed by atoms with Crippen LogP contribution in [0.4, 0.5) is 4.39 Å². The molecule has 1 fully saturated rings. The molecule has 0 aromatic heterocycles. The molecule has 0 radical (unpaired) electrons. The highest BCUT2D eigenvalue weighted by atomic mass is 19.1. The van der Waals surface area contributed by atoms with Crippen molar-refractivity contribution in [2.45, 2.75) is 32.2 Å². The minimum Gasteiger partial charge on any atom is -0.481 e. The maximum absolute atomic E-state index is 12.9. The number of nitrogens with zero attached hydrogens (tertiary/aromatic N) is 1. The number of aliphatic carboxylic acids is 1. The fraction of sp³-hybridized carbons (Fsp3) is 0.467. The van der Waals surface area contributed by atoms with E-state index in [1.54, 1.807) is 4.90 Å². The van der Waals surface area contributed by atoms with Crippen LogP contribution in [0.2, 0.25) is 0 Å². The van der Waals surface area contributed by atoms with Gasteiger partial charge in [0.2, 0.25) is 0 Å². The van der Waals surface area contributed by atoms with Gasteiger partial charge in [0.1, 0.15) is 5.82 Å². The number of hydrogen-bond donors (Lipinski definition) is 1. The van der Waals surface area contributed by atoms with Gasteiger partial charge in [0.25, 0.3) is 5.91 Å². The van der Waals surface area contributed by atoms with Crippen LogP contribution < -0.4 is 0 Å². The summed E-state index contributed by atoms with van der Waals surface area (Å²) in [6.45, 7) is 2.52. The van der Waals surface area contributed by atoms with Crippen molar-refractivity contribution in [2.24, 2.45) is 5.92 Å². The van der Waals surface area contributed by atoms with E-state index in [1.807, 2.05) is 6.92 Å². The molecule has 0 bridgehead atoms. The Morgan fingerprint density at radius 1 is 1.35 bits per heavy atom. The highest BCUT2D eigenvalue weighted by Crippen LogP contribution is 2.27. The van der Waals surface area contributed by atoms with E-state index in [-0.39, 0.29) is 24.3 Å². The molecule has 1 heterocycles. The Kier molecular flexibility index (Phi) is 4.37. The number of carboxylic acid groups (broad SMARTS) is 1. The van der Waals surface area contributed by atoms with Gasteiger partial charge >= 0.3 is 5.97 Å². The first-order valence-electron chi connectivity index (χ1n) is 6.77. The summed E-state index contributed by atoms with van der Waals surface area (Å²) in [4.78, 5) is 25.1. The number of carbonyl (C=O) groups is 2. The Bertz CT molecular complexity index is 500. The van der Waals surface area contributed by atoms with Crippen LogP contribution in [0.15, 0.2) is 24.3 Å². The maximum atomic E-state index is 12.9. The largest absolute Gasteiger partial charge is 0.481 e. The van der Waals surface area contributed by atoms with Crippen molar-refractivity contribution in [3.8, 4) is 0 Å². The lowest BCUT2D eigenvalue weighted by molar-refractivity contribution is -0.138. The van der Waals surface area contributed by atoms with Crippen molar-refractivity contribution >= 4 is 11.9 Å². The van der Waals surface area contributed by atoms with Crippen LogP contribution in [0.25, 0.3) is 0 Å². The zero-order valence-electron chi connectivity index (χ0n) is 11.4. The number of piperidine rings is 1. The Balaban J connectivity index is 2.20. The summed E-state index contributed by atoms with van der Waals surface area (Å²) in [6, 6.07) is 5.07. The molecule has 2 rings (SSSR count). The SMILES string of the molecule is CC1CCCN(C(=O)c2ccc(F)cc2)C1CC(=O)O. The molecule has 108 valence electrons. The summed E-state index contributed by atoms with van der Waals surface area (Å²) < 4.78 is 12.9. The van der Waals surface area contributed by atoms with E-state index in [4.69, 9.17) is 5.11 Å². The predicted molar refractivity (Wildman–Crippen MR) is 71.9 cm³/mol. The average Bonchev–Trinajstić information content (AvgIpc) is 2.41. The van der Waals surface area contributed by atoms with Crippen LogP contribution in [0.5, 0.6) is 0 Å². The van der Waals surface area contributed by atoms with Crippen LogP contribution in [0, 0.1) is 11.7 Å². The first-order chi connectivity index (χ1) is 9.49. The number of likely N-dealkylation sites (tertiary alicyclic amines) is 1. The van der Waals surface area contributed by atoms with Gasteiger partial charge in [0.05, 0.1) is 6.42 Å². The van der Waals surface area contributed by atoms with Gasteiger partial charge in [-0.05, 0) is 43.0 Å². The molecule has 1 aromatic rings. The average molecular weight is 279 g/mol. The highest BCUT2D eigenvalue weighted by Gasteiger charge is 2.33. The smallest absolute Gasteiger partial charge is 0.305 e. The van der Waals surface area contributed by atoms with E-state index < -0.39 is 11.8 Å². The Morgan fingerprint density at radius 2 is 2.00 bits per heavy atom. The number of hydrogen-bond acceptors (Lipinski definition) is 2. The van der Waals surface area contributed by atoms with Gasteiger partial charge in [0, 0.05) is 18.2 Å². The van der Waals surface area contributed by atoms with Gasteiger partial charge in [-0.3, -0.25) is 9.59 Å². The molecule has 5 heteroatoms. The van der Waals surface area contributed by atoms with Crippen molar-refractivity contribution in [3.05, 3.63) is 35.6 Å². The number of amides is 1. The summed E-state index contributed by atoms with van der Waals surface area (Å²) in [5.41, 5.74) is 0.399. The van der Waals surface area contributed by atoms with Crippen molar-refractivity contribution in [3.63, 3.8) is 0 Å². The molecular formula is C15H18FNO3. The quantitative estimate of drug-likeness (QED) is 0.925. The molecule has 20 heavy (non-hydrogen) atoms. The number of carboxylic acids is 1. The third kappa shape index (κ3) is 3.15. The van der Waals surface area contributed by atoms with Crippen molar-refractivity contribution in [2.75, 3.05) is 6.54 Å². The second-order valence-corrected chi connectivity index (χ2v) is 5.29. The van der Waals surface area contributed by atoms with E-state index in [0.29, 0.717) is 12.1 Å². The number of rotatable bonds is 3. The lowest BCUT2D eigenvalue weighted by atomic mass is 9.88. The van der Waals surface area contributed by atoms with E-state index in [1.165, 1.54) is 24.3 Å². The molecule has 2 atom stereocenters. The van der Waals surface area contributed by atoms with Gasteiger partial charge < -0.3 is 10.0 Å². The molecule has 0 aliphatic carbocycles. The predicted octanol–water partition coefficient (Wildman–Crippen LogP) is 2.54. The third-order valence-electron chi connectivity index (χ3n) is 3.85. The Hall–Kier alpha value is -1.91. The fourth-order valence-electron chi connectivity index (χ4n) is 2.75. The molecule has 1 N–H and O–H groups in total. The molecule has 1 aliphatic rings. The maximum Gasteiger partial charge on any atom is 0.305 e. The fourth-order valence-corrected chi connectivity index (χ4v) is 2.75. The van der Waals surface area contributed by atoms with Gasteiger partial charge in [-0.15, -0.1) is 0 Å². The molecule has 1 aromatic carbocycles. The van der Waals surface area contributed by atoms with Crippen molar-refractivity contribution in [1.82, 2.24) is 4.90 Å². The van der Waals surface area contributed by atoms with E-state index in [0.717, 1.165) is 12.8 Å². The van der Waals surface area contributed by atoms with Crippen molar-refractivity contribution < 1.29 is 19.1 Å². The summed E-state index contributed by atoms with van der Waals surface area (Å²) in [5.74, 6) is -1.36. The normalized spacial score (nSPS) is 22.6. The minimum absolute atomic E-state index is 0.0475. The summed E-state index contributed by atoms with van der Waals surface area (Å²) in [5, 5.41) is 9.00. The summed E-state index contributed by atoms with van der Waals surface area (Å²) in [6.07, 6.45) is 1.74. The van der Waals surface area contributed by atoms with Gasteiger partial charge in [-0.25, -0.2) is 4.39 Å². The lowest BCUT2D eigenvalue weighted by Crippen LogP contribution is -2.48. The Morgan fingerprint density at radius 3 is 2.60 bits per heavy atom. The van der Waals surface area contributed by atoms with E-state index >= 15 is 0 Å². The molecule has 0 saturated carbocycles. The van der Waals surface area contributed by atoms with Crippen LogP contribution in [-0.2, 0) is 4.79 Å². The van der Waals surface area contributed by atoms with E-state index in [9.17, 15) is 14.0 Å². The number of halogens is 1. The lowest BCUT2D eigenvalue weighted by Gasteiger charge is -2.39. The highest BCUT2D eigenvalue weighted by molar-refractivity contribution is 5.94. The molecule has 1 aliphatic heterocycles. The molecular weight excluding hydrogens is 261 g/mol. The van der Waals surface area contributed by atoms with Crippen molar-refractivity contribution in [1.29, 1.82) is 0 Å². The molecule has 0 spiro atoms. The zero-order chi connectivity index (χ0) is 14.7. The Labute approximate surface area is 117 Å². The van der Waals surface area contributed by atoms with Crippen LogP contribution in [0.3, 0.4) is 0 Å². The van der Waals surface area contributed by atoms with Crippen LogP contribution in [-0.4, -0.2) is 34.5 Å². The van der Waals surface area contributed by atoms with Gasteiger partial charge in [0.15, 0.2) is 0 Å². The summed E-state index contributed by atoms with van der Waals surface area (Å²) >= 11 is 0. The van der Waals surface area contributed by atoms with Gasteiger partial charge in [-0.1, -0.05) is 6.92 Å². The second kappa shape index (κ2) is 6.03. The first-order valence-corrected chi connectivity index (χ1v) is 6.77.